The average molecular weight is 488 g/mol. The van der Waals surface area contributed by atoms with Crippen molar-refractivity contribution in [2.24, 2.45) is 0 Å². The standard InChI is InChI=1S/C28H25NO7/c1-4-33-19-10-11-21-20(14-19)25(17-9-12-23-24(13-17)36-16-35-23)26(28(30)32-3)27(29-21)34-15-18-7-5-6-8-22(18)31-2/h5-14H,4,15-16H2,1-3H3. The van der Waals surface area contributed by atoms with Gasteiger partial charge in [0, 0.05) is 16.5 Å². The fourth-order valence-corrected chi connectivity index (χ4v) is 4.19. The third-order valence-corrected chi connectivity index (χ3v) is 5.84. The molecule has 4 aromatic rings. The molecule has 0 N–H and O–H groups in total. The van der Waals surface area contributed by atoms with Gasteiger partial charge < -0.3 is 28.4 Å². The molecule has 184 valence electrons. The summed E-state index contributed by atoms with van der Waals surface area (Å²) >= 11 is 0. The van der Waals surface area contributed by atoms with Crippen molar-refractivity contribution in [3.63, 3.8) is 0 Å². The highest BCUT2D eigenvalue weighted by atomic mass is 16.7. The molecule has 1 aromatic heterocycles. The summed E-state index contributed by atoms with van der Waals surface area (Å²) in [6, 6.07) is 18.6. The van der Waals surface area contributed by atoms with E-state index in [1.807, 2.05) is 67.6 Å². The predicted molar refractivity (Wildman–Crippen MR) is 133 cm³/mol. The molecule has 1 aliphatic rings. The lowest BCUT2D eigenvalue weighted by Gasteiger charge is -2.18. The van der Waals surface area contributed by atoms with Gasteiger partial charge in [0.1, 0.15) is 23.7 Å². The Morgan fingerprint density at radius 2 is 1.81 bits per heavy atom. The van der Waals surface area contributed by atoms with Crippen molar-refractivity contribution < 1.29 is 33.2 Å². The van der Waals surface area contributed by atoms with Crippen LogP contribution >= 0.6 is 0 Å². The van der Waals surface area contributed by atoms with Crippen LogP contribution in [0.1, 0.15) is 22.8 Å². The summed E-state index contributed by atoms with van der Waals surface area (Å²) in [7, 11) is 2.93. The number of carbonyl (C=O) groups excluding carboxylic acids is 1. The summed E-state index contributed by atoms with van der Waals surface area (Å²) in [6.45, 7) is 2.70. The Labute approximate surface area is 208 Å². The smallest absolute Gasteiger partial charge is 0.344 e. The van der Waals surface area contributed by atoms with Gasteiger partial charge in [0.05, 0.1) is 26.3 Å². The van der Waals surface area contributed by atoms with Gasteiger partial charge in [-0.1, -0.05) is 24.3 Å². The van der Waals surface area contributed by atoms with Gasteiger partial charge in [-0.15, -0.1) is 0 Å². The molecule has 0 spiro atoms. The normalized spacial score (nSPS) is 11.9. The van der Waals surface area contributed by atoms with E-state index in [1.54, 1.807) is 7.11 Å². The van der Waals surface area contributed by atoms with Crippen LogP contribution in [0.4, 0.5) is 0 Å². The predicted octanol–water partition coefficient (Wildman–Crippen LogP) is 5.40. The lowest BCUT2D eigenvalue weighted by atomic mass is 9.95. The number of benzene rings is 3. The second-order valence-corrected chi connectivity index (χ2v) is 7.94. The van der Waals surface area contributed by atoms with Crippen molar-refractivity contribution in [1.82, 2.24) is 4.98 Å². The van der Waals surface area contributed by atoms with E-state index >= 15 is 0 Å². The van der Waals surface area contributed by atoms with Crippen LogP contribution in [0.2, 0.25) is 0 Å². The number of aromatic nitrogens is 1. The molecule has 8 nitrogen and oxygen atoms in total. The maximum Gasteiger partial charge on any atom is 0.344 e. The largest absolute Gasteiger partial charge is 0.496 e. The third-order valence-electron chi connectivity index (χ3n) is 5.84. The van der Waals surface area contributed by atoms with Crippen LogP contribution < -0.4 is 23.7 Å². The average Bonchev–Trinajstić information content (AvgIpc) is 3.39. The van der Waals surface area contributed by atoms with Crippen molar-refractivity contribution in [2.75, 3.05) is 27.6 Å². The number of para-hydroxylation sites is 1. The first-order valence-corrected chi connectivity index (χ1v) is 11.5. The summed E-state index contributed by atoms with van der Waals surface area (Å²) in [5.41, 5.74) is 2.97. The van der Waals surface area contributed by atoms with Gasteiger partial charge in [-0.3, -0.25) is 0 Å². The molecule has 0 saturated heterocycles. The topological polar surface area (TPSA) is 85.3 Å². The van der Waals surface area contributed by atoms with Crippen LogP contribution in [0.5, 0.6) is 28.9 Å². The van der Waals surface area contributed by atoms with Crippen molar-refractivity contribution in [3.8, 4) is 40.0 Å². The maximum atomic E-state index is 13.2. The molecule has 0 saturated carbocycles. The molecule has 8 heteroatoms. The highest BCUT2D eigenvalue weighted by Gasteiger charge is 2.26. The number of carbonyl (C=O) groups is 1. The highest BCUT2D eigenvalue weighted by molar-refractivity contribution is 6.09. The van der Waals surface area contributed by atoms with E-state index in [0.717, 1.165) is 11.1 Å². The SMILES string of the molecule is CCOc1ccc2nc(OCc3ccccc3OC)c(C(=O)OC)c(-c3ccc4c(c3)OCO4)c2c1. The monoisotopic (exact) mass is 487 g/mol. The van der Waals surface area contributed by atoms with E-state index in [0.29, 0.717) is 46.1 Å². The first-order valence-electron chi connectivity index (χ1n) is 11.5. The van der Waals surface area contributed by atoms with Crippen molar-refractivity contribution >= 4 is 16.9 Å². The van der Waals surface area contributed by atoms with Crippen LogP contribution in [0, 0.1) is 0 Å². The number of nitrogens with zero attached hydrogens (tertiary/aromatic N) is 1. The van der Waals surface area contributed by atoms with Crippen LogP contribution in [-0.4, -0.2) is 38.6 Å². The van der Waals surface area contributed by atoms with Gasteiger partial charge in [0.25, 0.3) is 0 Å². The second-order valence-electron chi connectivity index (χ2n) is 7.94. The molecule has 0 atom stereocenters. The summed E-state index contributed by atoms with van der Waals surface area (Å²) in [5, 5.41) is 0.713. The van der Waals surface area contributed by atoms with E-state index in [2.05, 4.69) is 0 Å². The molecule has 0 amide bonds. The molecule has 36 heavy (non-hydrogen) atoms. The zero-order valence-electron chi connectivity index (χ0n) is 20.2. The Balaban J connectivity index is 1.71. The third kappa shape index (κ3) is 4.33. The Bertz CT molecular complexity index is 1430. The summed E-state index contributed by atoms with van der Waals surface area (Å²) in [4.78, 5) is 17.9. The van der Waals surface area contributed by atoms with Crippen molar-refractivity contribution in [2.45, 2.75) is 13.5 Å². The maximum absolute atomic E-state index is 13.2. The Kier molecular flexibility index (Phi) is 6.49. The number of rotatable bonds is 8. The van der Waals surface area contributed by atoms with Crippen LogP contribution in [0.25, 0.3) is 22.0 Å². The number of esters is 1. The summed E-state index contributed by atoms with van der Waals surface area (Å²) < 4.78 is 33.6. The van der Waals surface area contributed by atoms with E-state index < -0.39 is 5.97 Å². The summed E-state index contributed by atoms with van der Waals surface area (Å²) in [6.07, 6.45) is 0. The zero-order chi connectivity index (χ0) is 25.1. The van der Waals surface area contributed by atoms with Crippen molar-refractivity contribution in [1.29, 1.82) is 0 Å². The lowest BCUT2D eigenvalue weighted by Crippen LogP contribution is -2.11. The highest BCUT2D eigenvalue weighted by Crippen LogP contribution is 2.42. The van der Waals surface area contributed by atoms with E-state index in [9.17, 15) is 4.79 Å². The van der Waals surface area contributed by atoms with Gasteiger partial charge in [-0.2, -0.15) is 0 Å². The van der Waals surface area contributed by atoms with E-state index in [4.69, 9.17) is 33.4 Å². The second kappa shape index (κ2) is 10.0. The quantitative estimate of drug-likeness (QED) is 0.305. The molecule has 0 aliphatic carbocycles. The van der Waals surface area contributed by atoms with Gasteiger partial charge in [-0.05, 0) is 48.9 Å². The van der Waals surface area contributed by atoms with E-state index in [1.165, 1.54) is 7.11 Å². The van der Waals surface area contributed by atoms with Gasteiger partial charge in [0.15, 0.2) is 11.5 Å². The first-order chi connectivity index (χ1) is 17.6. The van der Waals surface area contributed by atoms with Gasteiger partial charge >= 0.3 is 5.97 Å². The molecule has 5 rings (SSSR count). The molecule has 3 aromatic carbocycles. The molecule has 0 bridgehead atoms. The molecule has 0 fully saturated rings. The number of pyridine rings is 1. The minimum Gasteiger partial charge on any atom is -0.496 e. The fraction of sp³-hybridized carbons (Fsp3) is 0.214. The number of hydrogen-bond acceptors (Lipinski definition) is 8. The summed E-state index contributed by atoms with van der Waals surface area (Å²) in [5.74, 6) is 2.14. The molecule has 0 radical (unpaired) electrons. The van der Waals surface area contributed by atoms with Gasteiger partial charge in [0.2, 0.25) is 12.7 Å². The van der Waals surface area contributed by atoms with Crippen LogP contribution in [0.3, 0.4) is 0 Å². The number of ether oxygens (including phenoxy) is 6. The number of methoxy groups -OCH3 is 2. The lowest BCUT2D eigenvalue weighted by molar-refractivity contribution is 0.0595. The van der Waals surface area contributed by atoms with Crippen LogP contribution in [0.15, 0.2) is 60.7 Å². The minimum absolute atomic E-state index is 0.140. The van der Waals surface area contributed by atoms with Crippen LogP contribution in [-0.2, 0) is 11.3 Å². The molecule has 2 heterocycles. The fourth-order valence-electron chi connectivity index (χ4n) is 4.19. The zero-order valence-corrected chi connectivity index (χ0v) is 20.2. The van der Waals surface area contributed by atoms with Crippen molar-refractivity contribution in [3.05, 3.63) is 71.8 Å². The Morgan fingerprint density at radius 3 is 2.61 bits per heavy atom. The van der Waals surface area contributed by atoms with Gasteiger partial charge in [-0.25, -0.2) is 9.78 Å². The molecular formula is C28H25NO7. The number of hydrogen-bond donors (Lipinski definition) is 0. The molecule has 1 aliphatic heterocycles. The minimum atomic E-state index is -0.575. The molecule has 0 unspecified atom stereocenters. The Morgan fingerprint density at radius 1 is 0.972 bits per heavy atom. The van der Waals surface area contributed by atoms with E-state index in [-0.39, 0.29) is 24.8 Å². The number of fused-ring (bicyclic) bond motifs is 2. The first kappa shape index (κ1) is 23.3. The molecular weight excluding hydrogens is 462 g/mol. The Hall–Kier alpha value is -4.46.